The van der Waals surface area contributed by atoms with Crippen molar-refractivity contribution in [2.24, 2.45) is 0 Å². The molecular weight excluding hydrogens is 104 g/mol. The van der Waals surface area contributed by atoms with Crippen LogP contribution < -0.4 is 0 Å². The van der Waals surface area contributed by atoms with Crippen molar-refractivity contribution in [1.82, 2.24) is 0 Å². The van der Waals surface area contributed by atoms with Crippen molar-refractivity contribution < 1.29 is 0 Å². The lowest BCUT2D eigenvalue weighted by molar-refractivity contribution is 0.828. The molecule has 0 amide bonds. The Hall–Kier alpha value is -0.220. The van der Waals surface area contributed by atoms with Gasteiger partial charge in [-0.2, -0.15) is 0 Å². The van der Waals surface area contributed by atoms with E-state index >= 15 is 0 Å². The second kappa shape index (κ2) is 5.78. The van der Waals surface area contributed by atoms with E-state index in [0.717, 1.165) is 6.42 Å². The first kappa shape index (κ1) is 6.78. The second-order valence-electron chi connectivity index (χ2n) is 1.38. The molecule has 0 unspecified atom stereocenters. The lowest BCUT2D eigenvalue weighted by atomic mass is 10.3. The zero-order valence-corrected chi connectivity index (χ0v) is 5.35. The smallest absolute Gasteiger partial charge is 0.0101 e. The molecule has 0 N–H and O–H groups in total. The molecule has 0 atom stereocenters. The van der Waals surface area contributed by atoms with E-state index < -0.39 is 0 Å². The standard InChI is InChI=1S/C6H9S/c1-2-3-4-5-6-7/h2-4H2,1H3. The van der Waals surface area contributed by atoms with Gasteiger partial charge in [-0.25, -0.2) is 0 Å². The van der Waals surface area contributed by atoms with E-state index in [2.05, 4.69) is 30.7 Å². The van der Waals surface area contributed by atoms with Gasteiger partial charge in [0.25, 0.3) is 0 Å². The molecule has 0 saturated carbocycles. The first-order chi connectivity index (χ1) is 3.41. The predicted molar refractivity (Wildman–Crippen MR) is 34.9 cm³/mol. The van der Waals surface area contributed by atoms with Crippen LogP contribution in [0.1, 0.15) is 26.2 Å². The van der Waals surface area contributed by atoms with Gasteiger partial charge in [-0.05, 0) is 19.0 Å². The minimum atomic E-state index is 0.972. The molecule has 1 heteroatoms. The fraction of sp³-hybridized carbons (Fsp3) is 0.667. The molecule has 0 aliphatic heterocycles. The van der Waals surface area contributed by atoms with Crippen molar-refractivity contribution in [2.75, 3.05) is 0 Å². The van der Waals surface area contributed by atoms with Gasteiger partial charge in [0.2, 0.25) is 0 Å². The first-order valence-electron chi connectivity index (χ1n) is 2.51. The summed E-state index contributed by atoms with van der Waals surface area (Å²) in [6.07, 6.45) is 3.37. The summed E-state index contributed by atoms with van der Waals surface area (Å²) >= 11 is 4.40. The maximum absolute atomic E-state index is 4.40. The third-order valence-corrected chi connectivity index (χ3v) is 0.872. The SMILES string of the molecule is CCCCC#C[S]. The largest absolute Gasteiger partial charge is 0.0865 e. The molecule has 0 spiro atoms. The molecule has 0 fully saturated rings. The molecule has 0 aromatic heterocycles. The van der Waals surface area contributed by atoms with Gasteiger partial charge in [-0.1, -0.05) is 19.3 Å². The van der Waals surface area contributed by atoms with Crippen LogP contribution in [0.25, 0.3) is 0 Å². The molecule has 7 heavy (non-hydrogen) atoms. The fourth-order valence-corrected chi connectivity index (χ4v) is 0.418. The molecule has 39 valence electrons. The summed E-state index contributed by atoms with van der Waals surface area (Å²) in [5.41, 5.74) is 0. The van der Waals surface area contributed by atoms with E-state index in [1.54, 1.807) is 0 Å². The molecule has 0 nitrogen and oxygen atoms in total. The van der Waals surface area contributed by atoms with Crippen molar-refractivity contribution in [3.05, 3.63) is 0 Å². The summed E-state index contributed by atoms with van der Waals surface area (Å²) in [7, 11) is 0. The second-order valence-corrected chi connectivity index (χ2v) is 1.59. The van der Waals surface area contributed by atoms with Gasteiger partial charge in [0.15, 0.2) is 0 Å². The van der Waals surface area contributed by atoms with Crippen LogP contribution in [-0.2, 0) is 0 Å². The Labute approximate surface area is 50.7 Å². The van der Waals surface area contributed by atoms with Crippen LogP contribution >= 0.6 is 12.6 Å². The lowest BCUT2D eigenvalue weighted by Crippen LogP contribution is -1.63. The zero-order chi connectivity index (χ0) is 5.54. The van der Waals surface area contributed by atoms with Crippen molar-refractivity contribution in [2.45, 2.75) is 26.2 Å². The molecule has 0 rings (SSSR count). The maximum Gasteiger partial charge on any atom is 0.0101 e. The molecule has 0 heterocycles. The van der Waals surface area contributed by atoms with Crippen molar-refractivity contribution in [3.63, 3.8) is 0 Å². The average Bonchev–Trinajstić information content (AvgIpc) is 1.69. The van der Waals surface area contributed by atoms with Crippen LogP contribution in [-0.4, -0.2) is 0 Å². The summed E-state index contributed by atoms with van der Waals surface area (Å²) in [5.74, 6) is 2.81. The van der Waals surface area contributed by atoms with E-state index in [-0.39, 0.29) is 0 Å². The Bertz CT molecular complexity index is 75.9. The van der Waals surface area contributed by atoms with Crippen molar-refractivity contribution >= 4 is 12.6 Å². The van der Waals surface area contributed by atoms with Crippen LogP contribution in [0.2, 0.25) is 0 Å². The fourth-order valence-electron chi connectivity index (χ4n) is 0.316. The van der Waals surface area contributed by atoms with Gasteiger partial charge < -0.3 is 0 Å². The van der Waals surface area contributed by atoms with Gasteiger partial charge in [0, 0.05) is 11.7 Å². The summed E-state index contributed by atoms with van der Waals surface area (Å²) in [6, 6.07) is 0. The van der Waals surface area contributed by atoms with Gasteiger partial charge in [0.1, 0.15) is 0 Å². The van der Waals surface area contributed by atoms with Crippen LogP contribution in [0.15, 0.2) is 0 Å². The Morgan fingerprint density at radius 3 is 2.71 bits per heavy atom. The molecular formula is C6H9S. The van der Waals surface area contributed by atoms with Crippen LogP contribution in [0.4, 0.5) is 0 Å². The molecule has 0 saturated heterocycles. The van der Waals surface area contributed by atoms with E-state index in [1.165, 1.54) is 12.8 Å². The number of unbranched alkanes of at least 4 members (excludes halogenated alkanes) is 2. The highest BCUT2D eigenvalue weighted by atomic mass is 32.1. The Kier molecular flexibility index (Phi) is 5.60. The van der Waals surface area contributed by atoms with E-state index in [1.807, 2.05) is 0 Å². The van der Waals surface area contributed by atoms with Crippen LogP contribution in [0.5, 0.6) is 0 Å². The number of rotatable bonds is 2. The summed E-state index contributed by atoms with van der Waals surface area (Å²) in [4.78, 5) is 0. The lowest BCUT2D eigenvalue weighted by Gasteiger charge is -1.80. The Morgan fingerprint density at radius 2 is 2.29 bits per heavy atom. The third kappa shape index (κ3) is 5.78. The molecule has 0 aromatic carbocycles. The Morgan fingerprint density at radius 1 is 1.57 bits per heavy atom. The van der Waals surface area contributed by atoms with Crippen molar-refractivity contribution in [3.8, 4) is 11.2 Å². The van der Waals surface area contributed by atoms with Crippen LogP contribution in [0, 0.1) is 11.2 Å². The van der Waals surface area contributed by atoms with E-state index in [9.17, 15) is 0 Å². The average molecular weight is 113 g/mol. The van der Waals surface area contributed by atoms with Gasteiger partial charge in [0.05, 0.1) is 0 Å². The van der Waals surface area contributed by atoms with Crippen LogP contribution in [0.3, 0.4) is 0 Å². The highest BCUT2D eigenvalue weighted by Crippen LogP contribution is 1.89. The van der Waals surface area contributed by atoms with E-state index in [4.69, 9.17) is 0 Å². The number of hydrogen-bond donors (Lipinski definition) is 0. The first-order valence-corrected chi connectivity index (χ1v) is 2.92. The zero-order valence-electron chi connectivity index (χ0n) is 4.53. The van der Waals surface area contributed by atoms with Gasteiger partial charge in [-0.3, -0.25) is 0 Å². The number of hydrogen-bond acceptors (Lipinski definition) is 0. The minimum absolute atomic E-state index is 0.972. The Balaban J connectivity index is 2.78. The topological polar surface area (TPSA) is 0 Å². The van der Waals surface area contributed by atoms with Crippen molar-refractivity contribution in [1.29, 1.82) is 0 Å². The third-order valence-electron chi connectivity index (χ3n) is 0.727. The highest BCUT2D eigenvalue weighted by molar-refractivity contribution is 7.85. The molecule has 0 aliphatic carbocycles. The van der Waals surface area contributed by atoms with E-state index in [0.29, 0.717) is 0 Å². The summed E-state index contributed by atoms with van der Waals surface area (Å²) in [6.45, 7) is 2.14. The predicted octanol–water partition coefficient (Wildman–Crippen LogP) is 2.34. The molecule has 0 aliphatic rings. The monoisotopic (exact) mass is 113 g/mol. The van der Waals surface area contributed by atoms with Gasteiger partial charge in [-0.15, -0.1) is 0 Å². The summed E-state index contributed by atoms with van der Waals surface area (Å²) < 4.78 is 0. The molecule has 0 bridgehead atoms. The molecule has 1 radical (unpaired) electrons. The normalized spacial score (nSPS) is 7.00. The maximum atomic E-state index is 4.40. The highest BCUT2D eigenvalue weighted by Gasteiger charge is 1.73. The van der Waals surface area contributed by atoms with Gasteiger partial charge >= 0.3 is 0 Å². The summed E-state index contributed by atoms with van der Waals surface area (Å²) in [5, 5.41) is 2.44. The molecule has 0 aromatic rings. The minimum Gasteiger partial charge on any atom is -0.0865 e. The quantitative estimate of drug-likeness (QED) is 0.381.